The van der Waals surface area contributed by atoms with Crippen LogP contribution in [0.15, 0.2) is 40.9 Å². The first-order valence-corrected chi connectivity index (χ1v) is 6.88. The zero-order valence-electron chi connectivity index (χ0n) is 10.6. The molecule has 0 saturated heterocycles. The molecule has 0 bridgehead atoms. The van der Waals surface area contributed by atoms with Gasteiger partial charge in [0.25, 0.3) is 5.91 Å². The quantitative estimate of drug-likeness (QED) is 0.820. The molecule has 1 amide bonds. The highest BCUT2D eigenvalue weighted by atomic mass is 79.9. The van der Waals surface area contributed by atoms with E-state index in [4.69, 9.17) is 22.1 Å². The second-order valence-electron chi connectivity index (χ2n) is 4.04. The Morgan fingerprint density at radius 2 is 2.05 bits per heavy atom. The first kappa shape index (κ1) is 14.7. The van der Waals surface area contributed by atoms with Crippen molar-refractivity contribution in [2.45, 2.75) is 0 Å². The molecule has 0 spiro atoms. The number of halogens is 2. The van der Waals surface area contributed by atoms with E-state index in [2.05, 4.69) is 21.2 Å². The number of hydrogen-bond acceptors (Lipinski definition) is 3. The molecule has 6 heteroatoms. The molecule has 0 heterocycles. The monoisotopic (exact) mass is 354 g/mol. The number of carbonyl (C=O) groups excluding carboxylic acids is 1. The van der Waals surface area contributed by atoms with Gasteiger partial charge in [-0.3, -0.25) is 4.79 Å². The summed E-state index contributed by atoms with van der Waals surface area (Å²) in [5, 5.41) is 3.25. The van der Waals surface area contributed by atoms with E-state index in [1.807, 2.05) is 0 Å². The molecule has 0 aromatic heterocycles. The van der Waals surface area contributed by atoms with Gasteiger partial charge in [-0.25, -0.2) is 0 Å². The Bertz CT molecular complexity index is 662. The molecule has 0 aliphatic rings. The fraction of sp³-hybridized carbons (Fsp3) is 0.0714. The minimum atomic E-state index is -0.320. The van der Waals surface area contributed by atoms with Crippen LogP contribution in [0.25, 0.3) is 0 Å². The third-order valence-corrected chi connectivity index (χ3v) is 3.92. The molecule has 0 aliphatic carbocycles. The van der Waals surface area contributed by atoms with Gasteiger partial charge < -0.3 is 15.8 Å². The number of rotatable bonds is 3. The summed E-state index contributed by atoms with van der Waals surface area (Å²) in [4.78, 5) is 12.2. The second-order valence-corrected chi connectivity index (χ2v) is 5.30. The molecule has 104 valence electrons. The van der Waals surface area contributed by atoms with E-state index in [-0.39, 0.29) is 5.91 Å². The highest BCUT2D eigenvalue weighted by Crippen LogP contribution is 2.26. The topological polar surface area (TPSA) is 64.3 Å². The van der Waals surface area contributed by atoms with Crippen LogP contribution < -0.4 is 15.8 Å². The number of carbonyl (C=O) groups is 1. The lowest BCUT2D eigenvalue weighted by molar-refractivity contribution is 0.102. The van der Waals surface area contributed by atoms with Crippen LogP contribution in [0.3, 0.4) is 0 Å². The van der Waals surface area contributed by atoms with Gasteiger partial charge in [-0.05, 0) is 52.3 Å². The van der Waals surface area contributed by atoms with Crippen molar-refractivity contribution in [2.24, 2.45) is 0 Å². The van der Waals surface area contributed by atoms with Crippen molar-refractivity contribution >= 4 is 44.8 Å². The number of ether oxygens (including phenoxy) is 1. The van der Waals surface area contributed by atoms with Gasteiger partial charge in [0.1, 0.15) is 5.75 Å². The molecule has 0 unspecified atom stereocenters. The lowest BCUT2D eigenvalue weighted by Crippen LogP contribution is -2.14. The Labute approximate surface area is 130 Å². The SMILES string of the molecule is COc1ccc(N)c(C(=O)Nc2ccc(Br)c(Cl)c2)c1. The fourth-order valence-corrected chi connectivity index (χ4v) is 2.06. The summed E-state index contributed by atoms with van der Waals surface area (Å²) in [6, 6.07) is 10.1. The Hall–Kier alpha value is -1.72. The maximum Gasteiger partial charge on any atom is 0.257 e. The first-order valence-electron chi connectivity index (χ1n) is 5.71. The van der Waals surface area contributed by atoms with Crippen LogP contribution in [0.2, 0.25) is 5.02 Å². The number of methoxy groups -OCH3 is 1. The molecule has 3 N–H and O–H groups in total. The van der Waals surface area contributed by atoms with Gasteiger partial charge >= 0.3 is 0 Å². The van der Waals surface area contributed by atoms with Crippen molar-refractivity contribution in [1.29, 1.82) is 0 Å². The lowest BCUT2D eigenvalue weighted by atomic mass is 10.1. The predicted octanol–water partition coefficient (Wildman–Crippen LogP) is 3.95. The van der Waals surface area contributed by atoms with Gasteiger partial charge in [-0.2, -0.15) is 0 Å². The highest BCUT2D eigenvalue weighted by molar-refractivity contribution is 9.10. The fourth-order valence-electron chi connectivity index (χ4n) is 1.63. The maximum atomic E-state index is 12.2. The van der Waals surface area contributed by atoms with E-state index in [9.17, 15) is 4.79 Å². The third kappa shape index (κ3) is 3.23. The van der Waals surface area contributed by atoms with E-state index < -0.39 is 0 Å². The number of nitrogens with one attached hydrogen (secondary N) is 1. The van der Waals surface area contributed by atoms with E-state index in [1.165, 1.54) is 7.11 Å². The van der Waals surface area contributed by atoms with Gasteiger partial charge in [0.05, 0.1) is 17.7 Å². The summed E-state index contributed by atoms with van der Waals surface area (Å²) in [7, 11) is 1.53. The number of nitrogen functional groups attached to an aromatic ring is 1. The summed E-state index contributed by atoms with van der Waals surface area (Å²) >= 11 is 9.27. The highest BCUT2D eigenvalue weighted by Gasteiger charge is 2.12. The summed E-state index contributed by atoms with van der Waals surface area (Å²) < 4.78 is 5.84. The smallest absolute Gasteiger partial charge is 0.257 e. The Kier molecular flexibility index (Phi) is 4.52. The summed E-state index contributed by atoms with van der Waals surface area (Å²) in [5.41, 5.74) is 7.12. The summed E-state index contributed by atoms with van der Waals surface area (Å²) in [5.74, 6) is 0.248. The third-order valence-electron chi connectivity index (χ3n) is 2.68. The van der Waals surface area contributed by atoms with Crippen molar-refractivity contribution in [3.63, 3.8) is 0 Å². The van der Waals surface area contributed by atoms with Crippen molar-refractivity contribution in [3.05, 3.63) is 51.5 Å². The summed E-state index contributed by atoms with van der Waals surface area (Å²) in [6.45, 7) is 0. The van der Waals surface area contributed by atoms with Crippen molar-refractivity contribution in [3.8, 4) is 5.75 Å². The largest absolute Gasteiger partial charge is 0.497 e. The molecule has 2 aromatic rings. The van der Waals surface area contributed by atoms with Crippen LogP contribution >= 0.6 is 27.5 Å². The van der Waals surface area contributed by atoms with Gasteiger partial charge in [0, 0.05) is 15.8 Å². The predicted molar refractivity (Wildman–Crippen MR) is 84.5 cm³/mol. The minimum Gasteiger partial charge on any atom is -0.497 e. The van der Waals surface area contributed by atoms with Crippen LogP contribution in [0.5, 0.6) is 5.75 Å². The Morgan fingerprint density at radius 1 is 1.30 bits per heavy atom. The second kappa shape index (κ2) is 6.15. The van der Waals surface area contributed by atoms with E-state index in [1.54, 1.807) is 36.4 Å². The molecule has 0 radical (unpaired) electrons. The lowest BCUT2D eigenvalue weighted by Gasteiger charge is -2.10. The Morgan fingerprint density at radius 3 is 2.70 bits per heavy atom. The van der Waals surface area contributed by atoms with E-state index >= 15 is 0 Å². The van der Waals surface area contributed by atoms with Gasteiger partial charge in [-0.1, -0.05) is 11.6 Å². The number of hydrogen-bond donors (Lipinski definition) is 2. The normalized spacial score (nSPS) is 10.2. The Balaban J connectivity index is 2.25. The molecule has 20 heavy (non-hydrogen) atoms. The summed E-state index contributed by atoms with van der Waals surface area (Å²) in [6.07, 6.45) is 0. The molecule has 0 fully saturated rings. The number of benzene rings is 2. The number of amides is 1. The first-order chi connectivity index (χ1) is 9.51. The van der Waals surface area contributed by atoms with E-state index in [0.29, 0.717) is 27.7 Å². The molecule has 2 aromatic carbocycles. The zero-order chi connectivity index (χ0) is 14.7. The molecule has 0 saturated carbocycles. The minimum absolute atomic E-state index is 0.320. The van der Waals surface area contributed by atoms with Gasteiger partial charge in [-0.15, -0.1) is 0 Å². The zero-order valence-corrected chi connectivity index (χ0v) is 13.0. The maximum absolute atomic E-state index is 12.2. The van der Waals surface area contributed by atoms with Gasteiger partial charge in [0.2, 0.25) is 0 Å². The van der Waals surface area contributed by atoms with Crippen molar-refractivity contribution in [1.82, 2.24) is 0 Å². The molecular weight excluding hydrogens is 344 g/mol. The molecule has 0 atom stereocenters. The molecule has 0 aliphatic heterocycles. The average molecular weight is 356 g/mol. The number of anilines is 2. The van der Waals surface area contributed by atoms with Crippen LogP contribution in [0.4, 0.5) is 11.4 Å². The molecule has 4 nitrogen and oxygen atoms in total. The van der Waals surface area contributed by atoms with Crippen LogP contribution in [0.1, 0.15) is 10.4 Å². The van der Waals surface area contributed by atoms with Crippen LogP contribution in [-0.2, 0) is 0 Å². The average Bonchev–Trinajstić information content (AvgIpc) is 2.43. The van der Waals surface area contributed by atoms with E-state index in [0.717, 1.165) is 4.47 Å². The van der Waals surface area contributed by atoms with Gasteiger partial charge in [0.15, 0.2) is 0 Å². The standard InChI is InChI=1S/C14H12BrClN2O2/c1-20-9-3-5-13(17)10(7-9)14(19)18-8-2-4-11(15)12(16)6-8/h2-7H,17H2,1H3,(H,18,19). The van der Waals surface area contributed by atoms with Crippen LogP contribution in [-0.4, -0.2) is 13.0 Å². The number of nitrogens with two attached hydrogens (primary N) is 1. The van der Waals surface area contributed by atoms with Crippen molar-refractivity contribution < 1.29 is 9.53 Å². The molecule has 2 rings (SSSR count). The van der Waals surface area contributed by atoms with Crippen molar-refractivity contribution in [2.75, 3.05) is 18.2 Å². The van der Waals surface area contributed by atoms with Crippen LogP contribution in [0, 0.1) is 0 Å². The molecular formula is C14H12BrClN2O2.